The van der Waals surface area contributed by atoms with Crippen molar-refractivity contribution in [3.8, 4) is 0 Å². The molecule has 0 aromatic carbocycles. The van der Waals surface area contributed by atoms with Gasteiger partial charge in [-0.2, -0.15) is 0 Å². The molecule has 0 atom stereocenters. The zero-order valence-corrected chi connectivity index (χ0v) is 12.4. The van der Waals surface area contributed by atoms with E-state index in [0.717, 1.165) is 12.8 Å². The first-order valence-electron chi connectivity index (χ1n) is 7.29. The van der Waals surface area contributed by atoms with Crippen molar-refractivity contribution in [2.24, 2.45) is 0 Å². The van der Waals surface area contributed by atoms with Crippen molar-refractivity contribution < 1.29 is 9.53 Å². The van der Waals surface area contributed by atoms with Crippen LogP contribution in [0.5, 0.6) is 0 Å². The van der Waals surface area contributed by atoms with E-state index >= 15 is 0 Å². The second kappa shape index (κ2) is 6.23. The summed E-state index contributed by atoms with van der Waals surface area (Å²) in [7, 11) is 1.51. The fourth-order valence-electron chi connectivity index (χ4n) is 2.84. The number of ether oxygens (including phenoxy) is 1. The van der Waals surface area contributed by atoms with E-state index in [4.69, 9.17) is 4.74 Å². The Morgan fingerprint density at radius 1 is 1.36 bits per heavy atom. The molecule has 7 nitrogen and oxygen atoms in total. The molecule has 0 spiro atoms. The Kier molecular flexibility index (Phi) is 4.15. The number of hydrogen-bond donors (Lipinski definition) is 0. The summed E-state index contributed by atoms with van der Waals surface area (Å²) in [6, 6.07) is 3.55. The lowest BCUT2D eigenvalue weighted by Crippen LogP contribution is -2.42. The summed E-state index contributed by atoms with van der Waals surface area (Å²) in [5.74, 6) is -0.00543. The lowest BCUT2D eigenvalue weighted by molar-refractivity contribution is -0.136. The number of nitrogens with zero attached hydrogens (tertiary/aromatic N) is 4. The van der Waals surface area contributed by atoms with Crippen LogP contribution in [0.2, 0.25) is 0 Å². The Bertz CT molecular complexity index is 735. The number of methoxy groups -OCH3 is 1. The van der Waals surface area contributed by atoms with Gasteiger partial charge in [0.1, 0.15) is 12.9 Å². The minimum absolute atomic E-state index is 0.00543. The number of fused-ring (bicyclic) bond motifs is 1. The van der Waals surface area contributed by atoms with E-state index in [1.54, 1.807) is 34.1 Å². The molecule has 116 valence electrons. The molecule has 2 aromatic rings. The summed E-state index contributed by atoms with van der Waals surface area (Å²) in [4.78, 5) is 34.4. The maximum Gasteiger partial charge on any atom is 0.263 e. The van der Waals surface area contributed by atoms with Gasteiger partial charge in [-0.1, -0.05) is 0 Å². The summed E-state index contributed by atoms with van der Waals surface area (Å²) >= 11 is 0. The van der Waals surface area contributed by atoms with E-state index in [2.05, 4.69) is 9.97 Å². The highest BCUT2D eigenvalue weighted by atomic mass is 16.5. The van der Waals surface area contributed by atoms with Crippen molar-refractivity contribution in [3.05, 3.63) is 35.0 Å². The van der Waals surface area contributed by atoms with Crippen LogP contribution >= 0.6 is 0 Å². The number of likely N-dealkylation sites (tertiary alicyclic amines) is 1. The quantitative estimate of drug-likeness (QED) is 0.830. The largest absolute Gasteiger partial charge is 0.375 e. The van der Waals surface area contributed by atoms with Crippen molar-refractivity contribution in [1.29, 1.82) is 0 Å². The van der Waals surface area contributed by atoms with Crippen LogP contribution in [0.25, 0.3) is 11.0 Å². The molecule has 1 aliphatic rings. The fraction of sp³-hybridized carbons (Fsp3) is 0.467. The standard InChI is InChI=1S/C15H18N4O3/c1-22-9-13(20)18-7-4-11(5-8-18)19-10-17-14-12(15(19)21)3-2-6-16-14/h2-3,6,10-11H,4-5,7-9H2,1H3. The number of amides is 1. The number of pyridine rings is 1. The Hall–Kier alpha value is -2.28. The monoisotopic (exact) mass is 302 g/mol. The van der Waals surface area contributed by atoms with E-state index in [1.807, 2.05) is 0 Å². The maximum atomic E-state index is 12.5. The molecule has 3 heterocycles. The van der Waals surface area contributed by atoms with E-state index in [-0.39, 0.29) is 24.1 Å². The maximum absolute atomic E-state index is 12.5. The van der Waals surface area contributed by atoms with Gasteiger partial charge in [0, 0.05) is 32.4 Å². The second-order valence-corrected chi connectivity index (χ2v) is 5.38. The van der Waals surface area contributed by atoms with Gasteiger partial charge in [0.25, 0.3) is 5.56 Å². The minimum Gasteiger partial charge on any atom is -0.375 e. The average molecular weight is 302 g/mol. The summed E-state index contributed by atoms with van der Waals surface area (Å²) in [5, 5.41) is 0.530. The molecule has 1 amide bonds. The topological polar surface area (TPSA) is 77.3 Å². The molecule has 1 fully saturated rings. The van der Waals surface area contributed by atoms with E-state index in [9.17, 15) is 9.59 Å². The van der Waals surface area contributed by atoms with Crippen molar-refractivity contribution in [2.45, 2.75) is 18.9 Å². The van der Waals surface area contributed by atoms with Gasteiger partial charge in [-0.25, -0.2) is 9.97 Å². The van der Waals surface area contributed by atoms with Gasteiger partial charge < -0.3 is 9.64 Å². The van der Waals surface area contributed by atoms with Gasteiger partial charge >= 0.3 is 0 Å². The molecule has 0 saturated carbocycles. The van der Waals surface area contributed by atoms with Gasteiger partial charge in [-0.05, 0) is 25.0 Å². The lowest BCUT2D eigenvalue weighted by Gasteiger charge is -2.32. The molecule has 3 rings (SSSR count). The first kappa shape index (κ1) is 14.6. The third-order valence-corrected chi connectivity index (χ3v) is 4.03. The molecular weight excluding hydrogens is 284 g/mol. The number of piperidine rings is 1. The molecule has 1 aliphatic heterocycles. The SMILES string of the molecule is COCC(=O)N1CCC(n2cnc3ncccc3c2=O)CC1. The van der Waals surface area contributed by atoms with Crippen LogP contribution < -0.4 is 5.56 Å². The predicted molar refractivity (Wildman–Crippen MR) is 80.5 cm³/mol. The number of rotatable bonds is 3. The Balaban J connectivity index is 1.78. The Labute approximate surface area is 127 Å². The van der Waals surface area contributed by atoms with Crippen LogP contribution in [-0.2, 0) is 9.53 Å². The summed E-state index contributed by atoms with van der Waals surface area (Å²) < 4.78 is 6.54. The van der Waals surface area contributed by atoms with Gasteiger partial charge in [0.15, 0.2) is 5.65 Å². The number of hydrogen-bond acceptors (Lipinski definition) is 5. The first-order valence-corrected chi connectivity index (χ1v) is 7.29. The van der Waals surface area contributed by atoms with Crippen LogP contribution in [0.1, 0.15) is 18.9 Å². The molecule has 0 aliphatic carbocycles. The highest BCUT2D eigenvalue weighted by Gasteiger charge is 2.24. The molecule has 2 aromatic heterocycles. The average Bonchev–Trinajstić information content (AvgIpc) is 2.56. The molecular formula is C15H18N4O3. The third kappa shape index (κ3) is 2.71. The Morgan fingerprint density at radius 2 is 2.14 bits per heavy atom. The van der Waals surface area contributed by atoms with Crippen molar-refractivity contribution in [1.82, 2.24) is 19.4 Å². The number of carbonyl (C=O) groups is 1. The fourth-order valence-corrected chi connectivity index (χ4v) is 2.84. The zero-order valence-electron chi connectivity index (χ0n) is 12.4. The van der Waals surface area contributed by atoms with Gasteiger partial charge in [-0.15, -0.1) is 0 Å². The molecule has 1 saturated heterocycles. The van der Waals surface area contributed by atoms with Crippen molar-refractivity contribution >= 4 is 16.9 Å². The highest BCUT2D eigenvalue weighted by Crippen LogP contribution is 2.21. The van der Waals surface area contributed by atoms with Crippen LogP contribution in [0.3, 0.4) is 0 Å². The van der Waals surface area contributed by atoms with Gasteiger partial charge in [-0.3, -0.25) is 14.2 Å². The number of aromatic nitrogens is 3. The molecule has 22 heavy (non-hydrogen) atoms. The molecule has 7 heteroatoms. The summed E-state index contributed by atoms with van der Waals surface area (Å²) in [6.45, 7) is 1.36. The molecule has 0 N–H and O–H groups in total. The molecule has 0 bridgehead atoms. The van der Waals surface area contributed by atoms with E-state index in [0.29, 0.717) is 24.1 Å². The smallest absolute Gasteiger partial charge is 0.263 e. The lowest BCUT2D eigenvalue weighted by atomic mass is 10.0. The number of carbonyl (C=O) groups excluding carboxylic acids is 1. The van der Waals surface area contributed by atoms with Gasteiger partial charge in [0.05, 0.1) is 5.39 Å². The van der Waals surface area contributed by atoms with E-state index < -0.39 is 0 Å². The Morgan fingerprint density at radius 3 is 2.86 bits per heavy atom. The minimum atomic E-state index is -0.0697. The first-order chi connectivity index (χ1) is 10.7. The van der Waals surface area contributed by atoms with Crippen LogP contribution in [0, 0.1) is 0 Å². The van der Waals surface area contributed by atoms with E-state index in [1.165, 1.54) is 7.11 Å². The van der Waals surface area contributed by atoms with Crippen LogP contribution in [-0.4, -0.2) is 52.1 Å². The zero-order chi connectivity index (χ0) is 15.5. The summed E-state index contributed by atoms with van der Waals surface area (Å²) in [5.41, 5.74) is 0.399. The molecule has 0 unspecified atom stereocenters. The van der Waals surface area contributed by atoms with Crippen molar-refractivity contribution in [3.63, 3.8) is 0 Å². The summed E-state index contributed by atoms with van der Waals surface area (Å²) in [6.07, 6.45) is 4.67. The van der Waals surface area contributed by atoms with Crippen molar-refractivity contribution in [2.75, 3.05) is 26.8 Å². The third-order valence-electron chi connectivity index (χ3n) is 4.03. The highest BCUT2D eigenvalue weighted by molar-refractivity contribution is 5.77. The second-order valence-electron chi connectivity index (χ2n) is 5.38. The van der Waals surface area contributed by atoms with Crippen LogP contribution in [0.4, 0.5) is 0 Å². The van der Waals surface area contributed by atoms with Gasteiger partial charge in [0.2, 0.25) is 5.91 Å². The molecule has 0 radical (unpaired) electrons. The normalized spacial score (nSPS) is 16.1. The van der Waals surface area contributed by atoms with Crippen LogP contribution in [0.15, 0.2) is 29.5 Å². The predicted octanol–water partition coefficient (Wildman–Crippen LogP) is 0.601.